The normalized spacial score (nSPS) is 22.1. The molecule has 38 heavy (non-hydrogen) atoms. The summed E-state index contributed by atoms with van der Waals surface area (Å²) >= 11 is 0. The van der Waals surface area contributed by atoms with Crippen LogP contribution in [0, 0.1) is 30.1 Å². The van der Waals surface area contributed by atoms with Gasteiger partial charge in [0.25, 0.3) is 0 Å². The first-order chi connectivity index (χ1) is 18.4. The van der Waals surface area contributed by atoms with E-state index in [2.05, 4.69) is 42.5 Å². The highest BCUT2D eigenvalue weighted by molar-refractivity contribution is 6.02. The predicted molar refractivity (Wildman–Crippen MR) is 149 cm³/mol. The maximum absolute atomic E-state index is 13.1. The highest BCUT2D eigenvalue weighted by Crippen LogP contribution is 2.54. The Hall–Kier alpha value is -4.56. The molecule has 0 saturated carbocycles. The largest absolute Gasteiger partial charge is 0.399 e. The first-order valence-corrected chi connectivity index (χ1v) is 13.0. The molecule has 5 heteroatoms. The van der Waals surface area contributed by atoms with Crippen molar-refractivity contribution in [1.29, 1.82) is 5.26 Å². The number of benzene rings is 3. The summed E-state index contributed by atoms with van der Waals surface area (Å²) in [6, 6.07) is 28.7. The van der Waals surface area contributed by atoms with Gasteiger partial charge in [0.15, 0.2) is 5.78 Å². The quantitative estimate of drug-likeness (QED) is 0.340. The van der Waals surface area contributed by atoms with Gasteiger partial charge in [-0.2, -0.15) is 5.26 Å². The molecule has 186 valence electrons. The molecule has 6 rings (SSSR count). The second kappa shape index (κ2) is 9.08. The number of Topliss-reactive ketones (excluding diaryl/α,β-unsaturated/α-hetero) is 1. The third kappa shape index (κ3) is 3.64. The maximum atomic E-state index is 13.1. The van der Waals surface area contributed by atoms with Gasteiger partial charge in [-0.05, 0) is 66.6 Å². The van der Waals surface area contributed by atoms with Crippen LogP contribution in [0.5, 0.6) is 0 Å². The zero-order valence-corrected chi connectivity index (χ0v) is 21.5. The Kier molecular flexibility index (Phi) is 5.69. The van der Waals surface area contributed by atoms with Crippen molar-refractivity contribution >= 4 is 11.5 Å². The van der Waals surface area contributed by atoms with E-state index in [-0.39, 0.29) is 23.2 Å². The summed E-state index contributed by atoms with van der Waals surface area (Å²) in [6.45, 7) is 3.88. The van der Waals surface area contributed by atoms with E-state index in [1.165, 1.54) is 0 Å². The third-order valence-electron chi connectivity index (χ3n) is 8.21. The van der Waals surface area contributed by atoms with Crippen LogP contribution in [-0.4, -0.2) is 15.8 Å². The molecule has 2 aliphatic carbocycles. The van der Waals surface area contributed by atoms with E-state index in [4.69, 9.17) is 15.7 Å². The number of carbonyl (C=O) groups is 1. The molecular weight excluding hydrogens is 468 g/mol. The molecule has 1 aromatic heterocycles. The highest BCUT2D eigenvalue weighted by Gasteiger charge is 2.53. The summed E-state index contributed by atoms with van der Waals surface area (Å²) in [5.41, 5.74) is 13.3. The molecule has 0 radical (unpaired) electrons. The molecule has 0 fully saturated rings. The van der Waals surface area contributed by atoms with E-state index in [1.807, 2.05) is 62.4 Å². The van der Waals surface area contributed by atoms with E-state index >= 15 is 0 Å². The number of aromatic nitrogens is 2. The molecular formula is C33H28N4O. The average molecular weight is 497 g/mol. The molecule has 0 unspecified atom stereocenters. The topological polar surface area (TPSA) is 92.7 Å². The second-order valence-electron chi connectivity index (χ2n) is 10.4. The van der Waals surface area contributed by atoms with E-state index in [0.29, 0.717) is 5.82 Å². The number of aryl methyl sites for hydroxylation is 1. The number of nitriles is 1. The Morgan fingerprint density at radius 3 is 2.42 bits per heavy atom. The molecule has 1 heterocycles. The Morgan fingerprint density at radius 2 is 1.68 bits per heavy atom. The number of nitrogens with two attached hydrogens (primary N) is 1. The lowest BCUT2D eigenvalue weighted by Crippen LogP contribution is -2.48. The molecule has 0 aliphatic heterocycles. The number of hydrogen-bond acceptors (Lipinski definition) is 5. The molecule has 3 atom stereocenters. The monoisotopic (exact) mass is 496 g/mol. The number of nitrogens with zero attached hydrogens (tertiary/aromatic N) is 3. The Bertz CT molecular complexity index is 1630. The van der Waals surface area contributed by atoms with Crippen molar-refractivity contribution in [3.63, 3.8) is 0 Å². The minimum Gasteiger partial charge on any atom is -0.399 e. The molecule has 2 aliphatic rings. The van der Waals surface area contributed by atoms with Crippen LogP contribution >= 0.6 is 0 Å². The zero-order valence-electron chi connectivity index (χ0n) is 21.5. The van der Waals surface area contributed by atoms with Crippen molar-refractivity contribution in [2.24, 2.45) is 11.8 Å². The SMILES string of the molecule is Cc1nc(-c2cccc(-c3ccc(N)cc3)c2)c2c(n1)[C@@]1(c3ccccc3)C=C(C#N)C(=O)[C@@H](C)[C@@H]1CC2. The number of rotatable bonds is 3. The van der Waals surface area contributed by atoms with E-state index in [0.717, 1.165) is 57.7 Å². The van der Waals surface area contributed by atoms with Crippen molar-refractivity contribution in [2.45, 2.75) is 32.1 Å². The van der Waals surface area contributed by atoms with Crippen LogP contribution in [0.2, 0.25) is 0 Å². The lowest BCUT2D eigenvalue weighted by molar-refractivity contribution is -0.121. The van der Waals surface area contributed by atoms with Crippen molar-refractivity contribution in [2.75, 3.05) is 5.73 Å². The van der Waals surface area contributed by atoms with Crippen LogP contribution in [-0.2, 0) is 16.6 Å². The molecule has 0 saturated heterocycles. The minimum absolute atomic E-state index is 0.00487. The smallest absolute Gasteiger partial charge is 0.176 e. The van der Waals surface area contributed by atoms with E-state index in [9.17, 15) is 10.1 Å². The fourth-order valence-electron chi connectivity index (χ4n) is 6.42. The number of fused-ring (bicyclic) bond motifs is 3. The van der Waals surface area contributed by atoms with Gasteiger partial charge in [-0.3, -0.25) is 4.79 Å². The van der Waals surface area contributed by atoms with E-state index < -0.39 is 5.41 Å². The van der Waals surface area contributed by atoms with Gasteiger partial charge in [0.05, 0.1) is 22.4 Å². The lowest BCUT2D eigenvalue weighted by Gasteiger charge is -2.48. The molecule has 2 N–H and O–H groups in total. The van der Waals surface area contributed by atoms with Crippen molar-refractivity contribution in [3.8, 4) is 28.5 Å². The highest BCUT2D eigenvalue weighted by atomic mass is 16.1. The summed E-state index contributed by atoms with van der Waals surface area (Å²) in [5, 5.41) is 9.94. The Labute approximate surface area is 222 Å². The standard InChI is InChI=1S/C33H28N4O/c1-20-29-16-15-28-30(24-8-6-7-23(17-24)22-11-13-27(35)14-12-22)36-21(2)37-32(28)33(29,18-25(19-34)31(20)38)26-9-4-3-5-10-26/h3-14,17-18,20,29H,15-16,35H2,1-2H3/t20-,29-,33+/m0/s1. The van der Waals surface area contributed by atoms with Crippen LogP contribution in [0.15, 0.2) is 90.5 Å². The Morgan fingerprint density at radius 1 is 0.947 bits per heavy atom. The Balaban J connectivity index is 1.61. The zero-order chi connectivity index (χ0) is 26.4. The molecule has 4 aromatic rings. The molecule has 5 nitrogen and oxygen atoms in total. The summed E-state index contributed by atoms with van der Waals surface area (Å²) in [7, 11) is 0. The van der Waals surface area contributed by atoms with Gasteiger partial charge in [0.1, 0.15) is 11.9 Å². The van der Waals surface area contributed by atoms with Crippen LogP contribution < -0.4 is 5.73 Å². The number of nitrogen functional groups attached to an aromatic ring is 1. The predicted octanol–water partition coefficient (Wildman–Crippen LogP) is 6.22. The average Bonchev–Trinajstić information content (AvgIpc) is 2.95. The number of allylic oxidation sites excluding steroid dienone is 2. The van der Waals surface area contributed by atoms with Crippen LogP contribution in [0.1, 0.15) is 36.0 Å². The molecule has 0 amide bonds. The molecule has 3 aromatic carbocycles. The minimum atomic E-state index is -0.676. The summed E-state index contributed by atoms with van der Waals surface area (Å²) in [5.74, 6) is 0.319. The van der Waals surface area contributed by atoms with Crippen molar-refractivity contribution in [1.82, 2.24) is 9.97 Å². The summed E-state index contributed by atoms with van der Waals surface area (Å²) in [4.78, 5) is 23.1. The van der Waals surface area contributed by atoms with Crippen LogP contribution in [0.4, 0.5) is 5.69 Å². The van der Waals surface area contributed by atoms with Gasteiger partial charge in [-0.15, -0.1) is 0 Å². The van der Waals surface area contributed by atoms with Gasteiger partial charge in [0, 0.05) is 22.7 Å². The molecule has 0 bridgehead atoms. The van der Waals surface area contributed by atoms with Gasteiger partial charge in [0.2, 0.25) is 0 Å². The first kappa shape index (κ1) is 23.8. The maximum Gasteiger partial charge on any atom is 0.176 e. The lowest BCUT2D eigenvalue weighted by atomic mass is 9.54. The third-order valence-corrected chi connectivity index (χ3v) is 8.21. The van der Waals surface area contributed by atoms with Gasteiger partial charge in [-0.25, -0.2) is 9.97 Å². The number of ketones is 1. The van der Waals surface area contributed by atoms with Gasteiger partial charge >= 0.3 is 0 Å². The molecule has 0 spiro atoms. The second-order valence-corrected chi connectivity index (χ2v) is 10.4. The number of anilines is 1. The first-order valence-electron chi connectivity index (χ1n) is 13.0. The van der Waals surface area contributed by atoms with Crippen LogP contribution in [0.3, 0.4) is 0 Å². The van der Waals surface area contributed by atoms with E-state index in [1.54, 1.807) is 0 Å². The summed E-state index contributed by atoms with van der Waals surface area (Å²) in [6.07, 6.45) is 3.47. The fraction of sp³-hybridized carbons (Fsp3) is 0.212. The number of carbonyl (C=O) groups excluding carboxylic acids is 1. The van der Waals surface area contributed by atoms with Crippen molar-refractivity contribution < 1.29 is 4.79 Å². The van der Waals surface area contributed by atoms with Gasteiger partial charge < -0.3 is 5.73 Å². The van der Waals surface area contributed by atoms with Crippen molar-refractivity contribution in [3.05, 3.63) is 113 Å². The fourth-order valence-corrected chi connectivity index (χ4v) is 6.42. The summed E-state index contributed by atoms with van der Waals surface area (Å²) < 4.78 is 0. The van der Waals surface area contributed by atoms with Crippen LogP contribution in [0.25, 0.3) is 22.4 Å². The number of hydrogen-bond donors (Lipinski definition) is 1. The van der Waals surface area contributed by atoms with Gasteiger partial charge in [-0.1, -0.05) is 67.6 Å².